The number of carbonyl (C=O) groups is 2. The lowest BCUT2D eigenvalue weighted by Gasteiger charge is -2.16. The summed E-state index contributed by atoms with van der Waals surface area (Å²) in [6.07, 6.45) is 10.2. The molecule has 42 heavy (non-hydrogen) atoms. The second kappa shape index (κ2) is 13.9. The number of thiazole rings is 1. The van der Waals surface area contributed by atoms with Gasteiger partial charge in [0.05, 0.1) is 16.4 Å². The van der Waals surface area contributed by atoms with Gasteiger partial charge in [-0.15, -0.1) is 11.3 Å². The van der Waals surface area contributed by atoms with Gasteiger partial charge in [-0.2, -0.15) is 0 Å². The number of fused-ring (bicyclic) bond motifs is 2. The minimum atomic E-state index is -0.527. The van der Waals surface area contributed by atoms with E-state index in [0.29, 0.717) is 58.2 Å². The number of carbonyl (C=O) groups excluding carboxylic acids is 2. The molecule has 220 valence electrons. The molecule has 4 N–H and O–H groups in total. The molecule has 5 rings (SSSR count). The van der Waals surface area contributed by atoms with Crippen molar-refractivity contribution in [3.8, 4) is 0 Å². The lowest BCUT2D eigenvalue weighted by Crippen LogP contribution is -2.37. The largest absolute Gasteiger partial charge is 0.384 e. The van der Waals surface area contributed by atoms with Crippen LogP contribution in [0, 0.1) is 12.7 Å². The van der Waals surface area contributed by atoms with Crippen molar-refractivity contribution in [3.05, 3.63) is 80.4 Å². The molecule has 0 bridgehead atoms. The maximum absolute atomic E-state index is 12.9. The van der Waals surface area contributed by atoms with Crippen LogP contribution in [0.5, 0.6) is 0 Å². The number of benzene rings is 1. The zero-order valence-corrected chi connectivity index (χ0v) is 24.6. The number of hydrogen-bond donors (Lipinski definition) is 3. The summed E-state index contributed by atoms with van der Waals surface area (Å²) in [5, 5.41) is 6.26. The summed E-state index contributed by atoms with van der Waals surface area (Å²) in [4.78, 5) is 48.3. The Morgan fingerprint density at radius 2 is 2.07 bits per heavy atom. The van der Waals surface area contributed by atoms with Gasteiger partial charge in [-0.25, -0.2) is 19.3 Å². The van der Waals surface area contributed by atoms with Crippen LogP contribution in [0.3, 0.4) is 0 Å². The van der Waals surface area contributed by atoms with Crippen molar-refractivity contribution in [3.63, 3.8) is 0 Å². The van der Waals surface area contributed by atoms with Crippen LogP contribution in [-0.2, 0) is 11.2 Å². The number of hydrogen-bond acceptors (Lipinski definition) is 9. The van der Waals surface area contributed by atoms with Crippen LogP contribution in [0.25, 0.3) is 16.3 Å². The number of rotatable bonds is 9. The number of nitrogens with one attached hydrogen (secondary N) is 2. The minimum absolute atomic E-state index is 0.152. The van der Waals surface area contributed by atoms with Crippen molar-refractivity contribution < 1.29 is 14.0 Å². The van der Waals surface area contributed by atoms with E-state index in [-0.39, 0.29) is 17.3 Å². The molecule has 10 nitrogen and oxygen atoms in total. The predicted molar refractivity (Wildman–Crippen MR) is 164 cm³/mol. The summed E-state index contributed by atoms with van der Waals surface area (Å²) in [5.74, 6) is 0.696. The van der Waals surface area contributed by atoms with E-state index >= 15 is 0 Å². The van der Waals surface area contributed by atoms with Crippen LogP contribution in [0.2, 0.25) is 0 Å². The molecule has 1 aromatic carbocycles. The first-order valence-corrected chi connectivity index (χ1v) is 14.5. The SMILES string of the molecule is CCCC/C(=C\c1cnc(N)cc1C)CNC(=O)C1CCc2ncc(NC)c(=O)n21.O=Cc1nc2ccc(F)cc2s1. The third-order valence-corrected chi connectivity index (χ3v) is 7.88. The third-order valence-electron chi connectivity index (χ3n) is 6.94. The second-order valence-electron chi connectivity index (χ2n) is 9.94. The first-order chi connectivity index (χ1) is 20.2. The second-order valence-corrected chi connectivity index (χ2v) is 11.0. The Bertz CT molecular complexity index is 1680. The molecular weight excluding hydrogens is 557 g/mol. The lowest BCUT2D eigenvalue weighted by molar-refractivity contribution is -0.124. The third kappa shape index (κ3) is 7.24. The van der Waals surface area contributed by atoms with E-state index < -0.39 is 6.04 Å². The highest BCUT2D eigenvalue weighted by Gasteiger charge is 2.30. The van der Waals surface area contributed by atoms with Crippen molar-refractivity contribution in [1.29, 1.82) is 0 Å². The number of aromatic nitrogens is 4. The average Bonchev–Trinajstić information content (AvgIpc) is 3.60. The standard InChI is InChI=1S/C22H30N6O2.C8H4FNOS/c1-4-5-6-15(10-16-12-25-19(23)9-14(16)2)11-27-21(29)18-7-8-20-26-13-17(24-3)22(30)28(18)20;9-5-1-2-6-7(3-5)12-8(4-11)10-6/h9-10,12-13,18,24H,4-8,11H2,1-3H3,(H2,23,25)(H,27,29);1-4H/b15-10+;. The maximum Gasteiger partial charge on any atom is 0.277 e. The fourth-order valence-electron chi connectivity index (χ4n) is 4.68. The lowest BCUT2D eigenvalue weighted by atomic mass is 10.0. The van der Waals surface area contributed by atoms with E-state index in [9.17, 15) is 18.8 Å². The maximum atomic E-state index is 12.9. The van der Waals surface area contributed by atoms with Crippen molar-refractivity contribution in [2.24, 2.45) is 0 Å². The van der Waals surface area contributed by atoms with Crippen LogP contribution in [0.1, 0.15) is 65.4 Å². The highest BCUT2D eigenvalue weighted by atomic mass is 32.1. The fourth-order valence-corrected chi connectivity index (χ4v) is 5.49. The van der Waals surface area contributed by atoms with E-state index in [1.807, 2.05) is 13.0 Å². The minimum Gasteiger partial charge on any atom is -0.384 e. The zero-order chi connectivity index (χ0) is 30.2. The molecule has 0 saturated carbocycles. The molecule has 1 unspecified atom stereocenters. The van der Waals surface area contributed by atoms with Crippen molar-refractivity contribution in [2.75, 3.05) is 24.6 Å². The van der Waals surface area contributed by atoms with Gasteiger partial charge in [0.2, 0.25) is 5.91 Å². The van der Waals surface area contributed by atoms with Crippen LogP contribution in [-0.4, -0.2) is 45.3 Å². The van der Waals surface area contributed by atoms with Crippen LogP contribution >= 0.6 is 11.3 Å². The summed E-state index contributed by atoms with van der Waals surface area (Å²) < 4.78 is 14.9. The van der Waals surface area contributed by atoms with Crippen LogP contribution in [0.15, 0.2) is 47.0 Å². The Kier molecular flexibility index (Phi) is 10.1. The molecule has 4 heterocycles. The fraction of sp³-hybridized carbons (Fsp3) is 0.333. The van der Waals surface area contributed by atoms with Crippen molar-refractivity contribution in [1.82, 2.24) is 24.8 Å². The van der Waals surface area contributed by atoms with E-state index in [1.165, 1.54) is 34.2 Å². The smallest absolute Gasteiger partial charge is 0.277 e. The molecule has 0 saturated heterocycles. The molecule has 1 atom stereocenters. The summed E-state index contributed by atoms with van der Waals surface area (Å²) in [7, 11) is 1.67. The van der Waals surface area contributed by atoms with Crippen molar-refractivity contribution in [2.45, 2.75) is 52.0 Å². The number of amides is 1. The van der Waals surface area contributed by atoms with E-state index in [0.717, 1.165) is 36.0 Å². The summed E-state index contributed by atoms with van der Waals surface area (Å²) in [5.41, 5.74) is 9.77. The number of nitrogens with zero attached hydrogens (tertiary/aromatic N) is 4. The zero-order valence-electron chi connectivity index (χ0n) is 23.8. The number of pyridine rings is 1. The molecule has 0 aliphatic carbocycles. The van der Waals surface area contributed by atoms with Gasteiger partial charge in [0.25, 0.3) is 5.56 Å². The highest BCUT2D eigenvalue weighted by Crippen LogP contribution is 2.24. The summed E-state index contributed by atoms with van der Waals surface area (Å²) in [6.45, 7) is 4.57. The number of nitrogen functional groups attached to an aromatic ring is 1. The van der Waals surface area contributed by atoms with Crippen LogP contribution in [0.4, 0.5) is 15.9 Å². The highest BCUT2D eigenvalue weighted by molar-refractivity contribution is 7.20. The van der Waals surface area contributed by atoms with E-state index in [1.54, 1.807) is 19.3 Å². The number of unbranched alkanes of at least 4 members (excludes halogenated alkanes) is 1. The number of aryl methyl sites for hydroxylation is 2. The molecule has 0 radical (unpaired) electrons. The van der Waals surface area contributed by atoms with E-state index in [2.05, 4.69) is 38.6 Å². The van der Waals surface area contributed by atoms with E-state index in [4.69, 9.17) is 5.73 Å². The normalized spacial score (nSPS) is 14.2. The summed E-state index contributed by atoms with van der Waals surface area (Å²) >= 11 is 1.19. The topological polar surface area (TPSA) is 145 Å². The number of nitrogens with two attached hydrogens (primary N) is 1. The van der Waals surface area contributed by atoms with Crippen molar-refractivity contribution >= 4 is 51.3 Å². The average molecular weight is 592 g/mol. The Morgan fingerprint density at radius 1 is 1.26 bits per heavy atom. The van der Waals surface area contributed by atoms with Gasteiger partial charge in [0.1, 0.15) is 29.2 Å². The van der Waals surface area contributed by atoms with Gasteiger partial charge < -0.3 is 16.4 Å². The molecule has 0 fully saturated rings. The van der Waals surface area contributed by atoms with Gasteiger partial charge in [-0.1, -0.05) is 25.0 Å². The number of aldehydes is 1. The van der Waals surface area contributed by atoms with Gasteiger partial charge >= 0.3 is 0 Å². The summed E-state index contributed by atoms with van der Waals surface area (Å²) in [6, 6.07) is 5.58. The molecule has 1 aliphatic heterocycles. The molecular formula is C30H34FN7O3S. The molecule has 1 aliphatic rings. The molecule has 4 aromatic rings. The molecule has 12 heteroatoms. The Morgan fingerprint density at radius 3 is 2.79 bits per heavy atom. The first-order valence-electron chi connectivity index (χ1n) is 13.7. The molecule has 3 aromatic heterocycles. The van der Waals surface area contributed by atoms with Crippen LogP contribution < -0.4 is 21.9 Å². The Hall–Kier alpha value is -4.45. The number of anilines is 2. The Balaban J connectivity index is 0.000000279. The van der Waals surface area contributed by atoms with Gasteiger partial charge in [-0.05, 0) is 61.6 Å². The van der Waals surface area contributed by atoms with Gasteiger partial charge in [0, 0.05) is 26.2 Å². The monoisotopic (exact) mass is 591 g/mol. The first kappa shape index (κ1) is 30.5. The Labute approximate surface area is 246 Å². The van der Waals surface area contributed by atoms with Gasteiger partial charge in [-0.3, -0.25) is 19.0 Å². The molecule has 0 spiro atoms. The van der Waals surface area contributed by atoms with Gasteiger partial charge in [0.15, 0.2) is 11.3 Å². The predicted octanol–water partition coefficient (Wildman–Crippen LogP) is 4.70. The number of halogens is 1. The molecule has 1 amide bonds. The quantitative estimate of drug-likeness (QED) is 0.238.